The first-order chi connectivity index (χ1) is 3.80. The Hall–Kier alpha value is -0.400. The van der Waals surface area contributed by atoms with Gasteiger partial charge >= 0.3 is 0 Å². The first-order valence-corrected chi connectivity index (χ1v) is 2.65. The lowest BCUT2D eigenvalue weighted by molar-refractivity contribution is 0.100. The van der Waals surface area contributed by atoms with Gasteiger partial charge in [-0.05, 0) is 18.9 Å². The van der Waals surface area contributed by atoms with Crippen LogP contribution in [0, 0.1) is 12.0 Å². The van der Waals surface area contributed by atoms with Gasteiger partial charge in [-0.1, -0.05) is 6.08 Å². The van der Waals surface area contributed by atoms with Crippen molar-refractivity contribution >= 4 is 0 Å². The zero-order valence-electron chi connectivity index (χ0n) is 4.40. The van der Waals surface area contributed by atoms with E-state index in [0.717, 1.165) is 0 Å². The molecular formula is C6H7F2. The zero-order chi connectivity index (χ0) is 5.98. The van der Waals surface area contributed by atoms with Crippen LogP contribution in [-0.2, 0) is 0 Å². The first-order valence-electron chi connectivity index (χ1n) is 2.65. The quantitative estimate of drug-likeness (QED) is 0.493. The topological polar surface area (TPSA) is 0 Å². The van der Waals surface area contributed by atoms with Gasteiger partial charge in [0.25, 0.3) is 0 Å². The van der Waals surface area contributed by atoms with Crippen molar-refractivity contribution in [3.63, 3.8) is 0 Å². The fourth-order valence-electron chi connectivity index (χ4n) is 0.767. The van der Waals surface area contributed by atoms with Crippen molar-refractivity contribution in [2.24, 2.45) is 5.92 Å². The average molecular weight is 117 g/mol. The molecule has 1 rings (SSSR count). The molecule has 0 bridgehead atoms. The molecular weight excluding hydrogens is 110 g/mol. The summed E-state index contributed by atoms with van der Waals surface area (Å²) in [5.41, 5.74) is 0. The molecule has 8 heavy (non-hydrogen) atoms. The number of allylic oxidation sites excluding steroid dienone is 2. The van der Waals surface area contributed by atoms with E-state index in [0.29, 0.717) is 12.8 Å². The molecule has 1 aliphatic rings. The SMILES string of the molecule is FC(F)C1C=[C]CC1. The van der Waals surface area contributed by atoms with E-state index in [2.05, 4.69) is 6.08 Å². The summed E-state index contributed by atoms with van der Waals surface area (Å²) >= 11 is 0. The van der Waals surface area contributed by atoms with Crippen LogP contribution in [0.4, 0.5) is 8.78 Å². The molecule has 0 heterocycles. The molecule has 0 saturated carbocycles. The standard InChI is InChI=1S/C6H7F2/c7-6(8)5-3-1-2-4-5/h4-6H,1,3H2. The minimum absolute atomic E-state index is 0.505. The Bertz CT molecular complexity index is 96.7. The Morgan fingerprint density at radius 2 is 2.38 bits per heavy atom. The molecule has 1 unspecified atom stereocenters. The van der Waals surface area contributed by atoms with Crippen LogP contribution in [0.1, 0.15) is 12.8 Å². The zero-order valence-corrected chi connectivity index (χ0v) is 4.40. The molecule has 0 aromatic carbocycles. The number of hydrogen-bond acceptors (Lipinski definition) is 0. The van der Waals surface area contributed by atoms with E-state index < -0.39 is 12.3 Å². The van der Waals surface area contributed by atoms with Crippen LogP contribution in [0.15, 0.2) is 6.08 Å². The highest BCUT2D eigenvalue weighted by molar-refractivity contribution is 4.91. The van der Waals surface area contributed by atoms with Crippen LogP contribution in [-0.4, -0.2) is 6.43 Å². The number of hydrogen-bond donors (Lipinski definition) is 0. The second-order valence-electron chi connectivity index (χ2n) is 1.91. The third-order valence-corrected chi connectivity index (χ3v) is 1.28. The molecule has 0 saturated heterocycles. The van der Waals surface area contributed by atoms with E-state index in [1.165, 1.54) is 6.08 Å². The molecule has 0 N–H and O–H groups in total. The van der Waals surface area contributed by atoms with Crippen molar-refractivity contribution in [1.29, 1.82) is 0 Å². The predicted octanol–water partition coefficient (Wildman–Crippen LogP) is 2.02. The maximum atomic E-state index is 11.7. The lowest BCUT2D eigenvalue weighted by Gasteiger charge is -2.02. The summed E-state index contributed by atoms with van der Waals surface area (Å²) in [6, 6.07) is 0. The van der Waals surface area contributed by atoms with E-state index in [-0.39, 0.29) is 0 Å². The van der Waals surface area contributed by atoms with Gasteiger partial charge in [0, 0.05) is 5.92 Å². The van der Waals surface area contributed by atoms with Crippen molar-refractivity contribution in [3.05, 3.63) is 12.2 Å². The van der Waals surface area contributed by atoms with Gasteiger partial charge in [-0.3, -0.25) is 0 Å². The minimum atomic E-state index is -2.18. The predicted molar refractivity (Wildman–Crippen MR) is 26.5 cm³/mol. The second kappa shape index (κ2) is 2.25. The second-order valence-corrected chi connectivity index (χ2v) is 1.91. The molecule has 1 atom stereocenters. The summed E-state index contributed by atoms with van der Waals surface area (Å²) in [6.07, 6.45) is 3.33. The van der Waals surface area contributed by atoms with Crippen LogP contribution in [0.5, 0.6) is 0 Å². The van der Waals surface area contributed by atoms with Gasteiger partial charge in [0.2, 0.25) is 6.43 Å². The van der Waals surface area contributed by atoms with Gasteiger partial charge in [0.05, 0.1) is 0 Å². The van der Waals surface area contributed by atoms with E-state index in [1.807, 2.05) is 0 Å². The van der Waals surface area contributed by atoms with E-state index in [1.54, 1.807) is 0 Å². The lowest BCUT2D eigenvalue weighted by atomic mass is 10.1. The maximum absolute atomic E-state index is 11.7. The molecule has 2 heteroatoms. The summed E-state index contributed by atoms with van der Waals surface area (Å²) < 4.78 is 23.3. The fraction of sp³-hybridized carbons (Fsp3) is 0.667. The Morgan fingerprint density at radius 3 is 2.62 bits per heavy atom. The van der Waals surface area contributed by atoms with Gasteiger partial charge in [-0.15, -0.1) is 0 Å². The molecule has 0 fully saturated rings. The molecule has 0 amide bonds. The highest BCUT2D eigenvalue weighted by Crippen LogP contribution is 2.22. The van der Waals surface area contributed by atoms with Gasteiger partial charge < -0.3 is 0 Å². The smallest absolute Gasteiger partial charge is 0.210 e. The number of rotatable bonds is 1. The summed E-state index contributed by atoms with van der Waals surface area (Å²) in [7, 11) is 0. The van der Waals surface area contributed by atoms with Crippen LogP contribution < -0.4 is 0 Å². The first kappa shape index (κ1) is 5.73. The normalized spacial score (nSPS) is 27.6. The van der Waals surface area contributed by atoms with E-state index in [9.17, 15) is 8.78 Å². The highest BCUT2D eigenvalue weighted by Gasteiger charge is 2.19. The highest BCUT2D eigenvalue weighted by atomic mass is 19.3. The fourth-order valence-corrected chi connectivity index (χ4v) is 0.767. The molecule has 0 aromatic rings. The van der Waals surface area contributed by atoms with Crippen molar-refractivity contribution in [3.8, 4) is 0 Å². The van der Waals surface area contributed by atoms with Gasteiger partial charge in [0.15, 0.2) is 0 Å². The summed E-state index contributed by atoms with van der Waals surface area (Å²) in [5.74, 6) is -0.505. The lowest BCUT2D eigenvalue weighted by Crippen LogP contribution is -2.03. The molecule has 0 aromatic heterocycles. The Labute approximate surface area is 47.2 Å². The van der Waals surface area contributed by atoms with Crippen molar-refractivity contribution in [2.75, 3.05) is 0 Å². The maximum Gasteiger partial charge on any atom is 0.244 e. The van der Waals surface area contributed by atoms with Crippen LogP contribution >= 0.6 is 0 Å². The monoisotopic (exact) mass is 117 g/mol. The summed E-state index contributed by atoms with van der Waals surface area (Å²) in [4.78, 5) is 0. The third-order valence-electron chi connectivity index (χ3n) is 1.28. The number of halogens is 2. The Kier molecular flexibility index (Phi) is 1.61. The Morgan fingerprint density at radius 1 is 1.62 bits per heavy atom. The van der Waals surface area contributed by atoms with Crippen molar-refractivity contribution in [2.45, 2.75) is 19.3 Å². The van der Waals surface area contributed by atoms with Crippen molar-refractivity contribution < 1.29 is 8.78 Å². The van der Waals surface area contributed by atoms with E-state index >= 15 is 0 Å². The molecule has 1 aliphatic carbocycles. The molecule has 0 nitrogen and oxygen atoms in total. The van der Waals surface area contributed by atoms with Gasteiger partial charge in [-0.2, -0.15) is 0 Å². The molecule has 45 valence electrons. The van der Waals surface area contributed by atoms with Gasteiger partial charge in [-0.25, -0.2) is 8.78 Å². The van der Waals surface area contributed by atoms with Crippen molar-refractivity contribution in [1.82, 2.24) is 0 Å². The molecule has 1 radical (unpaired) electrons. The molecule has 0 spiro atoms. The van der Waals surface area contributed by atoms with Crippen LogP contribution in [0.3, 0.4) is 0 Å². The van der Waals surface area contributed by atoms with Crippen LogP contribution in [0.25, 0.3) is 0 Å². The third kappa shape index (κ3) is 1.05. The summed E-state index contributed by atoms with van der Waals surface area (Å²) in [6.45, 7) is 0. The summed E-state index contributed by atoms with van der Waals surface area (Å²) in [5, 5.41) is 0. The average Bonchev–Trinajstić information content (AvgIpc) is 2.12. The van der Waals surface area contributed by atoms with Gasteiger partial charge in [0.1, 0.15) is 0 Å². The Balaban J connectivity index is 2.36. The van der Waals surface area contributed by atoms with Crippen LogP contribution in [0.2, 0.25) is 0 Å². The largest absolute Gasteiger partial charge is 0.244 e. The van der Waals surface area contributed by atoms with E-state index in [4.69, 9.17) is 0 Å². The molecule has 0 aliphatic heterocycles. The minimum Gasteiger partial charge on any atom is -0.210 e. The number of alkyl halides is 2.